The van der Waals surface area contributed by atoms with E-state index in [-0.39, 0.29) is 10.7 Å². The standard InChI is InChI=1S/C8H15NS/c1-4-6-8(3)7-10(9)5-2/h4-6H,3,7,9H2,1-2H3/b6-4-. The molecule has 1 unspecified atom stereocenters. The van der Waals surface area contributed by atoms with Crippen molar-refractivity contribution in [1.82, 2.24) is 0 Å². The van der Waals surface area contributed by atoms with Crippen LogP contribution in [0, 0.1) is 0 Å². The summed E-state index contributed by atoms with van der Waals surface area (Å²) >= 11 is 0. The summed E-state index contributed by atoms with van der Waals surface area (Å²) in [4.78, 5) is 0. The van der Waals surface area contributed by atoms with Crippen molar-refractivity contribution in [3.05, 3.63) is 24.3 Å². The van der Waals surface area contributed by atoms with Crippen molar-refractivity contribution >= 4 is 16.0 Å². The fraction of sp³-hybridized carbons (Fsp3) is 0.375. The second-order valence-electron chi connectivity index (χ2n) is 2.01. The van der Waals surface area contributed by atoms with Gasteiger partial charge in [-0.1, -0.05) is 24.1 Å². The fourth-order valence-electron chi connectivity index (χ4n) is 0.581. The lowest BCUT2D eigenvalue weighted by Crippen LogP contribution is -1.93. The van der Waals surface area contributed by atoms with Gasteiger partial charge in [0, 0.05) is 5.75 Å². The first-order valence-corrected chi connectivity index (χ1v) is 4.76. The van der Waals surface area contributed by atoms with Crippen molar-refractivity contribution in [2.24, 2.45) is 5.14 Å². The van der Waals surface area contributed by atoms with Gasteiger partial charge in [-0.05, 0) is 19.4 Å². The van der Waals surface area contributed by atoms with Gasteiger partial charge in [0.2, 0.25) is 0 Å². The van der Waals surface area contributed by atoms with Crippen LogP contribution in [0.3, 0.4) is 0 Å². The maximum absolute atomic E-state index is 5.68. The van der Waals surface area contributed by atoms with Crippen LogP contribution in [0.5, 0.6) is 0 Å². The van der Waals surface area contributed by atoms with E-state index < -0.39 is 0 Å². The Bertz CT molecular complexity index is 168. The third-order valence-electron chi connectivity index (χ3n) is 1.06. The molecule has 0 spiro atoms. The van der Waals surface area contributed by atoms with Gasteiger partial charge in [-0.3, -0.25) is 5.14 Å². The molecule has 2 heteroatoms. The average molecular weight is 157 g/mol. The number of hydrogen-bond donors (Lipinski definition) is 1. The SMILES string of the molecule is C=C(/C=C\C)C/S(N)=C/C. The van der Waals surface area contributed by atoms with Gasteiger partial charge in [0.05, 0.1) is 0 Å². The molecule has 0 fully saturated rings. The van der Waals surface area contributed by atoms with E-state index in [9.17, 15) is 0 Å². The monoisotopic (exact) mass is 157 g/mol. The van der Waals surface area contributed by atoms with E-state index in [1.807, 2.05) is 31.4 Å². The lowest BCUT2D eigenvalue weighted by molar-refractivity contribution is 1.54. The predicted octanol–water partition coefficient (Wildman–Crippen LogP) is 2.08. The van der Waals surface area contributed by atoms with Crippen molar-refractivity contribution in [3.8, 4) is 0 Å². The van der Waals surface area contributed by atoms with Gasteiger partial charge < -0.3 is 0 Å². The maximum Gasteiger partial charge on any atom is 0.0255 e. The van der Waals surface area contributed by atoms with Crippen LogP contribution in [0.15, 0.2) is 24.3 Å². The number of allylic oxidation sites excluding steroid dienone is 2. The van der Waals surface area contributed by atoms with Crippen molar-refractivity contribution < 1.29 is 0 Å². The van der Waals surface area contributed by atoms with Crippen molar-refractivity contribution in [2.75, 3.05) is 5.75 Å². The summed E-state index contributed by atoms with van der Waals surface area (Å²) in [6.45, 7) is 7.81. The summed E-state index contributed by atoms with van der Waals surface area (Å²) in [5.41, 5.74) is 1.10. The highest BCUT2D eigenvalue weighted by atomic mass is 32.2. The summed E-state index contributed by atoms with van der Waals surface area (Å²) in [5.74, 6) is 0.890. The van der Waals surface area contributed by atoms with Gasteiger partial charge in [-0.25, -0.2) is 0 Å². The number of hydrogen-bond acceptors (Lipinski definition) is 1. The lowest BCUT2D eigenvalue weighted by atomic mass is 10.3. The Morgan fingerprint density at radius 1 is 1.60 bits per heavy atom. The minimum atomic E-state index is -0.0844. The fourth-order valence-corrected chi connectivity index (χ4v) is 1.27. The number of rotatable bonds is 3. The van der Waals surface area contributed by atoms with Crippen molar-refractivity contribution in [3.63, 3.8) is 0 Å². The molecule has 0 aromatic carbocycles. The Morgan fingerprint density at radius 2 is 2.20 bits per heavy atom. The quantitative estimate of drug-likeness (QED) is 0.492. The maximum atomic E-state index is 5.68. The predicted molar refractivity (Wildman–Crippen MR) is 52.3 cm³/mol. The molecule has 0 saturated carbocycles. The average Bonchev–Trinajstić information content (AvgIpc) is 1.88. The minimum Gasteiger partial charge on any atom is -0.283 e. The minimum absolute atomic E-state index is 0.0844. The second-order valence-corrected chi connectivity index (χ2v) is 3.71. The molecule has 0 rings (SSSR count). The third kappa shape index (κ3) is 4.53. The molecule has 10 heavy (non-hydrogen) atoms. The van der Waals surface area contributed by atoms with E-state index in [4.69, 9.17) is 5.14 Å². The van der Waals surface area contributed by atoms with Gasteiger partial charge in [0.1, 0.15) is 0 Å². The van der Waals surface area contributed by atoms with Gasteiger partial charge in [-0.15, -0.1) is 10.7 Å². The first-order valence-electron chi connectivity index (χ1n) is 3.24. The Morgan fingerprint density at radius 3 is 2.60 bits per heavy atom. The Balaban J connectivity index is 3.80. The molecule has 0 aromatic heterocycles. The van der Waals surface area contributed by atoms with Gasteiger partial charge in [0.25, 0.3) is 0 Å². The summed E-state index contributed by atoms with van der Waals surface area (Å²) < 4.78 is 0. The molecule has 1 nitrogen and oxygen atoms in total. The van der Waals surface area contributed by atoms with E-state index >= 15 is 0 Å². The van der Waals surface area contributed by atoms with E-state index in [0.29, 0.717) is 0 Å². The first-order chi connectivity index (χ1) is 4.70. The van der Waals surface area contributed by atoms with Crippen LogP contribution in [0.4, 0.5) is 0 Å². The summed E-state index contributed by atoms with van der Waals surface area (Å²) in [5, 5.41) is 7.69. The topological polar surface area (TPSA) is 26.0 Å². The first kappa shape index (κ1) is 9.66. The van der Waals surface area contributed by atoms with Crippen molar-refractivity contribution in [1.29, 1.82) is 0 Å². The summed E-state index contributed by atoms with van der Waals surface area (Å²) in [6, 6.07) is 0. The van der Waals surface area contributed by atoms with E-state index in [1.165, 1.54) is 0 Å². The van der Waals surface area contributed by atoms with Crippen LogP contribution in [0.25, 0.3) is 0 Å². The highest BCUT2D eigenvalue weighted by molar-refractivity contribution is 8.13. The molecule has 2 N–H and O–H groups in total. The molecule has 58 valence electrons. The van der Waals surface area contributed by atoms with Crippen molar-refractivity contribution in [2.45, 2.75) is 13.8 Å². The molecule has 0 saturated heterocycles. The largest absolute Gasteiger partial charge is 0.283 e. The van der Waals surface area contributed by atoms with Crippen LogP contribution >= 0.6 is 10.7 Å². The molecule has 0 amide bonds. The summed E-state index contributed by atoms with van der Waals surface area (Å²) in [7, 11) is -0.0844. The van der Waals surface area contributed by atoms with E-state index in [0.717, 1.165) is 11.3 Å². The normalized spacial score (nSPS) is 14.3. The highest BCUT2D eigenvalue weighted by Gasteiger charge is 1.87. The molecule has 0 heterocycles. The van der Waals surface area contributed by atoms with Gasteiger partial charge in [-0.2, -0.15) is 0 Å². The second kappa shape index (κ2) is 5.45. The molecule has 0 aromatic rings. The Kier molecular flexibility index (Phi) is 5.26. The van der Waals surface area contributed by atoms with Crippen LogP contribution in [-0.2, 0) is 0 Å². The van der Waals surface area contributed by atoms with Crippen LogP contribution in [-0.4, -0.2) is 11.1 Å². The molecule has 0 aliphatic carbocycles. The molecule has 0 bridgehead atoms. The molecule has 0 radical (unpaired) electrons. The zero-order valence-electron chi connectivity index (χ0n) is 6.63. The van der Waals surface area contributed by atoms with Gasteiger partial charge >= 0.3 is 0 Å². The molecular formula is C8H15NS. The Hall–Kier alpha value is -0.340. The lowest BCUT2D eigenvalue weighted by Gasteiger charge is -1.99. The van der Waals surface area contributed by atoms with Gasteiger partial charge in [0.15, 0.2) is 0 Å². The zero-order chi connectivity index (χ0) is 7.98. The Labute approximate surface area is 65.7 Å². The smallest absolute Gasteiger partial charge is 0.0255 e. The van der Waals surface area contributed by atoms with Crippen LogP contribution in [0.1, 0.15) is 13.8 Å². The summed E-state index contributed by atoms with van der Waals surface area (Å²) in [6.07, 6.45) is 3.98. The zero-order valence-corrected chi connectivity index (χ0v) is 7.45. The molecule has 0 aliphatic heterocycles. The third-order valence-corrected chi connectivity index (χ3v) is 2.37. The van der Waals surface area contributed by atoms with E-state index in [1.54, 1.807) is 0 Å². The molecule has 0 aliphatic rings. The van der Waals surface area contributed by atoms with Crippen LogP contribution < -0.4 is 5.14 Å². The molecule has 1 atom stereocenters. The van der Waals surface area contributed by atoms with E-state index in [2.05, 4.69) is 6.58 Å². The van der Waals surface area contributed by atoms with Crippen LogP contribution in [0.2, 0.25) is 0 Å². The molecular weight excluding hydrogens is 142 g/mol. The number of nitrogens with two attached hydrogens (primary N) is 1. The highest BCUT2D eigenvalue weighted by Crippen LogP contribution is 2.06.